The number of nitrogens with zero attached hydrogens (tertiary/aromatic N) is 2. The zero-order valence-electron chi connectivity index (χ0n) is 17.5. The van der Waals surface area contributed by atoms with E-state index in [4.69, 9.17) is 14.2 Å². The minimum absolute atomic E-state index is 0.0261. The number of esters is 2. The summed E-state index contributed by atoms with van der Waals surface area (Å²) in [7, 11) is 2.42. The zero-order valence-corrected chi connectivity index (χ0v) is 17.5. The van der Waals surface area contributed by atoms with Crippen LogP contribution in [0.3, 0.4) is 0 Å². The highest BCUT2D eigenvalue weighted by Crippen LogP contribution is 2.28. The van der Waals surface area contributed by atoms with Gasteiger partial charge in [-0.3, -0.25) is 5.32 Å². The number of aromatic nitrogens is 2. The standard InChI is InChI=1S/C17H21N3O6.C2H6/c1-9-7-11(19-16(23)26-17(2,3)4)12(15(22)25-6)13-10(14(21)24-5)8-18-20(9)13;1-2/h7-8H,1-6H3,(H,19,23);1-2H3. The van der Waals surface area contributed by atoms with Crippen LogP contribution in [0, 0.1) is 6.92 Å². The first kappa shape index (κ1) is 22.9. The number of pyridine rings is 1. The van der Waals surface area contributed by atoms with Crippen molar-refractivity contribution in [2.75, 3.05) is 19.5 Å². The summed E-state index contributed by atoms with van der Waals surface area (Å²) in [6.45, 7) is 10.9. The molecule has 0 radical (unpaired) electrons. The van der Waals surface area contributed by atoms with E-state index in [0.717, 1.165) is 0 Å². The van der Waals surface area contributed by atoms with Crippen molar-refractivity contribution in [1.82, 2.24) is 9.61 Å². The van der Waals surface area contributed by atoms with E-state index in [-0.39, 0.29) is 22.3 Å². The van der Waals surface area contributed by atoms with Crippen molar-refractivity contribution in [2.45, 2.75) is 47.1 Å². The van der Waals surface area contributed by atoms with Gasteiger partial charge in [-0.05, 0) is 33.8 Å². The van der Waals surface area contributed by atoms with Crippen LogP contribution in [0.25, 0.3) is 5.52 Å². The second-order valence-corrected chi connectivity index (χ2v) is 6.50. The van der Waals surface area contributed by atoms with Gasteiger partial charge in [0.25, 0.3) is 0 Å². The van der Waals surface area contributed by atoms with Crippen LogP contribution in [0.4, 0.5) is 10.5 Å². The van der Waals surface area contributed by atoms with Crippen molar-refractivity contribution in [3.8, 4) is 0 Å². The molecular formula is C19H27N3O6. The van der Waals surface area contributed by atoms with Crippen LogP contribution in [0.15, 0.2) is 12.3 Å². The van der Waals surface area contributed by atoms with E-state index >= 15 is 0 Å². The number of hydrogen-bond acceptors (Lipinski definition) is 7. The molecule has 2 heterocycles. The molecule has 0 aliphatic carbocycles. The van der Waals surface area contributed by atoms with E-state index in [1.54, 1.807) is 27.7 Å². The molecule has 0 aliphatic heterocycles. The maximum atomic E-state index is 12.4. The van der Waals surface area contributed by atoms with Crippen molar-refractivity contribution in [3.05, 3.63) is 29.1 Å². The van der Waals surface area contributed by atoms with Crippen molar-refractivity contribution in [3.63, 3.8) is 0 Å². The Balaban J connectivity index is 0.00000190. The Morgan fingerprint density at radius 2 is 1.64 bits per heavy atom. The number of amides is 1. The highest BCUT2D eigenvalue weighted by atomic mass is 16.6. The topological polar surface area (TPSA) is 108 Å². The molecule has 0 spiro atoms. The van der Waals surface area contributed by atoms with Crippen LogP contribution in [-0.2, 0) is 14.2 Å². The summed E-state index contributed by atoms with van der Waals surface area (Å²) in [6, 6.07) is 1.54. The third-order valence-electron chi connectivity index (χ3n) is 3.39. The fourth-order valence-corrected chi connectivity index (χ4v) is 2.41. The number of methoxy groups -OCH3 is 2. The molecule has 1 amide bonds. The molecule has 2 aromatic heterocycles. The van der Waals surface area contributed by atoms with Gasteiger partial charge in [-0.2, -0.15) is 5.10 Å². The molecule has 9 nitrogen and oxygen atoms in total. The summed E-state index contributed by atoms with van der Waals surface area (Å²) in [5.41, 5.74) is 0.221. The predicted molar refractivity (Wildman–Crippen MR) is 104 cm³/mol. The van der Waals surface area contributed by atoms with Crippen LogP contribution in [0.1, 0.15) is 61.0 Å². The number of hydrogen-bond donors (Lipinski definition) is 1. The van der Waals surface area contributed by atoms with E-state index in [9.17, 15) is 14.4 Å². The number of aryl methyl sites for hydroxylation is 1. The third-order valence-corrected chi connectivity index (χ3v) is 3.39. The first-order valence-corrected chi connectivity index (χ1v) is 8.77. The Hall–Kier alpha value is -3.10. The Kier molecular flexibility index (Phi) is 7.54. The Bertz CT molecular complexity index is 880. The van der Waals surface area contributed by atoms with Gasteiger partial charge in [-0.15, -0.1) is 0 Å². The molecule has 9 heteroatoms. The molecule has 0 bridgehead atoms. The lowest BCUT2D eigenvalue weighted by Crippen LogP contribution is -2.28. The molecule has 0 saturated heterocycles. The molecular weight excluding hydrogens is 366 g/mol. The van der Waals surface area contributed by atoms with Gasteiger partial charge in [0, 0.05) is 5.69 Å². The first-order chi connectivity index (χ1) is 13.1. The summed E-state index contributed by atoms with van der Waals surface area (Å²) in [5.74, 6) is -1.41. The molecule has 154 valence electrons. The number of carbonyl (C=O) groups is 3. The van der Waals surface area contributed by atoms with Gasteiger partial charge in [0.05, 0.1) is 31.6 Å². The van der Waals surface area contributed by atoms with Gasteiger partial charge in [0.1, 0.15) is 16.7 Å². The van der Waals surface area contributed by atoms with E-state index in [1.165, 1.54) is 31.0 Å². The Morgan fingerprint density at radius 3 is 2.14 bits per heavy atom. The van der Waals surface area contributed by atoms with E-state index in [2.05, 4.69) is 10.4 Å². The third kappa shape index (κ3) is 4.99. The predicted octanol–water partition coefficient (Wildman–Crippen LogP) is 3.59. The molecule has 1 N–H and O–H groups in total. The van der Waals surface area contributed by atoms with Crippen LogP contribution in [-0.4, -0.2) is 47.5 Å². The highest BCUT2D eigenvalue weighted by Gasteiger charge is 2.27. The molecule has 0 fully saturated rings. The highest BCUT2D eigenvalue weighted by molar-refractivity contribution is 6.10. The number of ether oxygens (including phenoxy) is 3. The molecule has 0 atom stereocenters. The number of rotatable bonds is 3. The minimum atomic E-state index is -0.745. The van der Waals surface area contributed by atoms with Crippen molar-refractivity contribution in [1.29, 1.82) is 0 Å². The Morgan fingerprint density at radius 1 is 1.07 bits per heavy atom. The molecule has 0 aliphatic rings. The van der Waals surface area contributed by atoms with Crippen LogP contribution < -0.4 is 5.32 Å². The van der Waals surface area contributed by atoms with Crippen LogP contribution in [0.5, 0.6) is 0 Å². The largest absolute Gasteiger partial charge is 0.465 e. The first-order valence-electron chi connectivity index (χ1n) is 8.77. The lowest BCUT2D eigenvalue weighted by molar-refractivity contribution is 0.0599. The maximum Gasteiger partial charge on any atom is 0.412 e. The van der Waals surface area contributed by atoms with Gasteiger partial charge in [0.2, 0.25) is 0 Å². The fraction of sp³-hybridized carbons (Fsp3) is 0.474. The van der Waals surface area contributed by atoms with Crippen LogP contribution in [0.2, 0.25) is 0 Å². The van der Waals surface area contributed by atoms with Gasteiger partial charge in [-0.1, -0.05) is 13.8 Å². The van der Waals surface area contributed by atoms with Gasteiger partial charge >= 0.3 is 18.0 Å². The number of nitrogens with one attached hydrogen (secondary N) is 1. The van der Waals surface area contributed by atoms with Crippen molar-refractivity contribution in [2.24, 2.45) is 0 Å². The monoisotopic (exact) mass is 393 g/mol. The minimum Gasteiger partial charge on any atom is -0.465 e. The summed E-state index contributed by atoms with van der Waals surface area (Å²) < 4.78 is 16.2. The van der Waals surface area contributed by atoms with Crippen LogP contribution >= 0.6 is 0 Å². The summed E-state index contributed by atoms with van der Waals surface area (Å²) in [6.07, 6.45) is 0.545. The SMILES string of the molecule is CC.COC(=O)c1cnn2c(C)cc(NC(=O)OC(C)(C)C)c(C(=O)OC)c12. The second-order valence-electron chi connectivity index (χ2n) is 6.50. The smallest absolute Gasteiger partial charge is 0.412 e. The zero-order chi connectivity index (χ0) is 21.6. The number of fused-ring (bicyclic) bond motifs is 1. The quantitative estimate of drug-likeness (QED) is 0.627. The second kappa shape index (κ2) is 9.20. The molecule has 0 aromatic carbocycles. The molecule has 2 rings (SSSR count). The molecule has 28 heavy (non-hydrogen) atoms. The number of carbonyl (C=O) groups excluding carboxylic acids is 3. The summed E-state index contributed by atoms with van der Waals surface area (Å²) >= 11 is 0. The van der Waals surface area contributed by atoms with Gasteiger partial charge in [-0.25, -0.2) is 18.9 Å². The lowest BCUT2D eigenvalue weighted by Gasteiger charge is -2.20. The van der Waals surface area contributed by atoms with Crippen molar-refractivity contribution >= 4 is 29.2 Å². The van der Waals surface area contributed by atoms with E-state index < -0.39 is 23.6 Å². The fourth-order valence-electron chi connectivity index (χ4n) is 2.41. The van der Waals surface area contributed by atoms with Gasteiger partial charge < -0.3 is 14.2 Å². The molecule has 2 aromatic rings. The van der Waals surface area contributed by atoms with E-state index in [1.807, 2.05) is 13.8 Å². The average molecular weight is 393 g/mol. The normalized spacial score (nSPS) is 10.6. The Labute approximate surface area is 163 Å². The molecule has 0 saturated carbocycles. The summed E-state index contributed by atoms with van der Waals surface area (Å²) in [5, 5.41) is 6.64. The maximum absolute atomic E-state index is 12.4. The average Bonchev–Trinajstić information content (AvgIpc) is 3.06. The van der Waals surface area contributed by atoms with Gasteiger partial charge in [0.15, 0.2) is 0 Å². The lowest BCUT2D eigenvalue weighted by atomic mass is 10.1. The summed E-state index contributed by atoms with van der Waals surface area (Å²) in [4.78, 5) is 36.6. The van der Waals surface area contributed by atoms with E-state index in [0.29, 0.717) is 5.69 Å². The number of anilines is 1. The molecule has 0 unspecified atom stereocenters. The van der Waals surface area contributed by atoms with Crippen molar-refractivity contribution < 1.29 is 28.6 Å².